The first kappa shape index (κ1) is 13.0. The van der Waals surface area contributed by atoms with Crippen LogP contribution in [0.1, 0.15) is 0 Å². The van der Waals surface area contributed by atoms with Gasteiger partial charge in [0.2, 0.25) is 0 Å². The number of hydrogen-bond donors (Lipinski definition) is 2. The fraction of sp³-hybridized carbons (Fsp3) is 0. The molecule has 0 atom stereocenters. The smallest absolute Gasteiger partial charge is 0.184 e. The lowest BCUT2D eigenvalue weighted by molar-refractivity contribution is 0.475. The zero-order valence-corrected chi connectivity index (χ0v) is 11.8. The molecule has 0 amide bonds. The van der Waals surface area contributed by atoms with Crippen LogP contribution in [0.15, 0.2) is 48.5 Å². The van der Waals surface area contributed by atoms with E-state index in [1.165, 1.54) is 11.3 Å². The molecule has 0 aliphatic rings. The highest BCUT2D eigenvalue weighted by Crippen LogP contribution is 2.39. The molecule has 2 aromatic carbocycles. The van der Waals surface area contributed by atoms with E-state index in [4.69, 9.17) is 11.6 Å². The van der Waals surface area contributed by atoms with Crippen LogP contribution in [0.3, 0.4) is 0 Å². The summed E-state index contributed by atoms with van der Waals surface area (Å²) < 4.78 is 0.455. The van der Waals surface area contributed by atoms with Crippen molar-refractivity contribution < 1.29 is 10.2 Å². The summed E-state index contributed by atoms with van der Waals surface area (Å²) in [5.74, 6) is 0.428. The van der Waals surface area contributed by atoms with Crippen LogP contribution >= 0.6 is 22.9 Å². The number of aromatic nitrogens is 1. The summed E-state index contributed by atoms with van der Waals surface area (Å²) in [6.07, 6.45) is 0. The number of benzene rings is 2. The van der Waals surface area contributed by atoms with Crippen molar-refractivity contribution in [2.45, 2.75) is 0 Å². The van der Waals surface area contributed by atoms with Gasteiger partial charge < -0.3 is 10.2 Å². The Hall–Kier alpha value is -2.04. The molecular formula is C15H10ClNO2S. The van der Waals surface area contributed by atoms with Crippen molar-refractivity contribution in [1.82, 2.24) is 4.98 Å². The summed E-state index contributed by atoms with van der Waals surface area (Å²) in [6.45, 7) is 0. The molecule has 1 heterocycles. The highest BCUT2D eigenvalue weighted by molar-refractivity contribution is 7.19. The van der Waals surface area contributed by atoms with Gasteiger partial charge in [-0.2, -0.15) is 0 Å². The SMILES string of the molecule is Oc1ccc(-c2nc(Cl)sc2-c2ccc(O)cc2)cc1. The molecule has 0 saturated heterocycles. The van der Waals surface area contributed by atoms with Crippen molar-refractivity contribution in [2.75, 3.05) is 0 Å². The van der Waals surface area contributed by atoms with Gasteiger partial charge in [-0.15, -0.1) is 11.3 Å². The summed E-state index contributed by atoms with van der Waals surface area (Å²) in [5.41, 5.74) is 2.59. The van der Waals surface area contributed by atoms with Crippen LogP contribution in [-0.2, 0) is 0 Å². The van der Waals surface area contributed by atoms with Crippen molar-refractivity contribution in [3.8, 4) is 33.2 Å². The minimum atomic E-state index is 0.209. The van der Waals surface area contributed by atoms with E-state index in [2.05, 4.69) is 4.98 Å². The first-order valence-electron chi connectivity index (χ1n) is 5.88. The Labute approximate surface area is 124 Å². The van der Waals surface area contributed by atoms with Gasteiger partial charge in [-0.25, -0.2) is 4.98 Å². The highest BCUT2D eigenvalue weighted by atomic mass is 35.5. The first-order chi connectivity index (χ1) is 9.63. The summed E-state index contributed by atoms with van der Waals surface area (Å²) in [7, 11) is 0. The second-order valence-electron chi connectivity index (χ2n) is 4.24. The summed E-state index contributed by atoms with van der Waals surface area (Å²) in [4.78, 5) is 5.28. The predicted molar refractivity (Wildman–Crippen MR) is 81.3 cm³/mol. The van der Waals surface area contributed by atoms with Crippen LogP contribution in [0.2, 0.25) is 4.47 Å². The Kier molecular flexibility index (Phi) is 3.34. The van der Waals surface area contributed by atoms with E-state index in [1.807, 2.05) is 12.1 Å². The van der Waals surface area contributed by atoms with Crippen LogP contribution in [0.25, 0.3) is 21.7 Å². The van der Waals surface area contributed by atoms with Gasteiger partial charge in [0.15, 0.2) is 4.47 Å². The van der Waals surface area contributed by atoms with Crippen LogP contribution in [0, 0.1) is 0 Å². The molecule has 0 radical (unpaired) electrons. The molecule has 3 nitrogen and oxygen atoms in total. The molecule has 5 heteroatoms. The van der Waals surface area contributed by atoms with Gasteiger partial charge in [-0.1, -0.05) is 11.6 Å². The maximum absolute atomic E-state index is 9.36. The molecule has 0 fully saturated rings. The quantitative estimate of drug-likeness (QED) is 0.730. The highest BCUT2D eigenvalue weighted by Gasteiger charge is 2.14. The summed E-state index contributed by atoms with van der Waals surface area (Å²) in [6, 6.07) is 13.7. The zero-order chi connectivity index (χ0) is 14.1. The molecule has 1 aromatic heterocycles. The standard InChI is InChI=1S/C15H10ClNO2S/c16-15-17-13(9-1-5-11(18)6-2-9)14(20-15)10-3-7-12(19)8-4-10/h1-8,18-19H. The van der Waals surface area contributed by atoms with Crippen molar-refractivity contribution >= 4 is 22.9 Å². The monoisotopic (exact) mass is 303 g/mol. The number of halogens is 1. The Morgan fingerprint density at radius 2 is 1.30 bits per heavy atom. The fourth-order valence-corrected chi connectivity index (χ4v) is 3.05. The molecular weight excluding hydrogens is 294 g/mol. The van der Waals surface area contributed by atoms with E-state index in [1.54, 1.807) is 36.4 Å². The van der Waals surface area contributed by atoms with Gasteiger partial charge in [-0.3, -0.25) is 0 Å². The number of nitrogens with zero attached hydrogens (tertiary/aromatic N) is 1. The van der Waals surface area contributed by atoms with Crippen LogP contribution in [0.4, 0.5) is 0 Å². The lowest BCUT2D eigenvalue weighted by Gasteiger charge is -2.03. The molecule has 20 heavy (non-hydrogen) atoms. The van der Waals surface area contributed by atoms with Crippen molar-refractivity contribution in [3.63, 3.8) is 0 Å². The summed E-state index contributed by atoms with van der Waals surface area (Å²) >= 11 is 7.42. The van der Waals surface area contributed by atoms with Gasteiger partial charge >= 0.3 is 0 Å². The average Bonchev–Trinajstić information content (AvgIpc) is 2.82. The molecule has 0 unspecified atom stereocenters. The number of aromatic hydroxyl groups is 2. The Balaban J connectivity index is 2.12. The Bertz CT molecular complexity index is 673. The molecule has 0 bridgehead atoms. The minimum Gasteiger partial charge on any atom is -0.508 e. The predicted octanol–water partition coefficient (Wildman–Crippen LogP) is 4.54. The van der Waals surface area contributed by atoms with Gasteiger partial charge in [0.25, 0.3) is 0 Å². The van der Waals surface area contributed by atoms with Crippen LogP contribution in [0.5, 0.6) is 11.5 Å². The van der Waals surface area contributed by atoms with E-state index in [9.17, 15) is 10.2 Å². The average molecular weight is 304 g/mol. The first-order valence-corrected chi connectivity index (χ1v) is 7.08. The van der Waals surface area contributed by atoms with Crippen LogP contribution in [-0.4, -0.2) is 15.2 Å². The van der Waals surface area contributed by atoms with Gasteiger partial charge in [0.1, 0.15) is 11.5 Å². The molecule has 0 aliphatic carbocycles. The van der Waals surface area contributed by atoms with Crippen molar-refractivity contribution in [3.05, 3.63) is 53.0 Å². The fourth-order valence-electron chi connectivity index (χ4n) is 1.92. The van der Waals surface area contributed by atoms with E-state index in [-0.39, 0.29) is 11.5 Å². The Morgan fingerprint density at radius 1 is 0.800 bits per heavy atom. The maximum atomic E-state index is 9.36. The van der Waals surface area contributed by atoms with Gasteiger partial charge in [0.05, 0.1) is 10.6 Å². The third kappa shape index (κ3) is 2.48. The molecule has 3 aromatic rings. The molecule has 100 valence electrons. The zero-order valence-electron chi connectivity index (χ0n) is 10.2. The second-order valence-corrected chi connectivity index (χ2v) is 5.82. The number of hydrogen-bond acceptors (Lipinski definition) is 4. The molecule has 0 spiro atoms. The Morgan fingerprint density at radius 3 is 1.85 bits per heavy atom. The normalized spacial score (nSPS) is 10.7. The van der Waals surface area contributed by atoms with Gasteiger partial charge in [0, 0.05) is 5.56 Å². The number of phenolic OH excluding ortho intramolecular Hbond substituents is 2. The van der Waals surface area contributed by atoms with Crippen LogP contribution < -0.4 is 0 Å². The number of rotatable bonds is 2. The van der Waals surface area contributed by atoms with Crippen molar-refractivity contribution in [1.29, 1.82) is 0 Å². The van der Waals surface area contributed by atoms with Gasteiger partial charge in [-0.05, 0) is 54.1 Å². The lowest BCUT2D eigenvalue weighted by atomic mass is 10.1. The van der Waals surface area contributed by atoms with E-state index in [0.717, 1.165) is 21.7 Å². The lowest BCUT2D eigenvalue weighted by Crippen LogP contribution is -1.81. The van der Waals surface area contributed by atoms with E-state index < -0.39 is 0 Å². The third-order valence-corrected chi connectivity index (χ3v) is 4.08. The number of phenols is 2. The van der Waals surface area contributed by atoms with Crippen molar-refractivity contribution in [2.24, 2.45) is 0 Å². The maximum Gasteiger partial charge on any atom is 0.184 e. The summed E-state index contributed by atoms with van der Waals surface area (Å²) in [5, 5.41) is 18.7. The number of thiazole rings is 1. The molecule has 3 rings (SSSR count). The molecule has 0 saturated carbocycles. The third-order valence-electron chi connectivity index (χ3n) is 2.87. The molecule has 2 N–H and O–H groups in total. The van der Waals surface area contributed by atoms with E-state index >= 15 is 0 Å². The van der Waals surface area contributed by atoms with E-state index in [0.29, 0.717) is 4.47 Å². The second kappa shape index (κ2) is 5.15. The molecule has 0 aliphatic heterocycles. The topological polar surface area (TPSA) is 53.4 Å². The minimum absolute atomic E-state index is 0.209. The largest absolute Gasteiger partial charge is 0.508 e.